The Labute approximate surface area is 115 Å². The Hall–Kier alpha value is -0.280. The lowest BCUT2D eigenvalue weighted by Gasteiger charge is -2.20. The number of anilines is 1. The van der Waals surface area contributed by atoms with E-state index in [1.165, 1.54) is 18.6 Å². The highest BCUT2D eigenvalue weighted by atomic mass is 79.9. The molecule has 1 aromatic rings. The van der Waals surface area contributed by atoms with Crippen molar-refractivity contribution in [2.24, 2.45) is 5.41 Å². The second kappa shape index (κ2) is 4.77. The van der Waals surface area contributed by atoms with Gasteiger partial charge in [-0.3, -0.25) is 0 Å². The summed E-state index contributed by atoms with van der Waals surface area (Å²) in [6, 6.07) is 3.20. The molecule has 0 radical (unpaired) electrons. The van der Waals surface area contributed by atoms with Crippen LogP contribution in [0.5, 0.6) is 0 Å². The van der Waals surface area contributed by atoms with E-state index < -0.39 is 0 Å². The molecule has 1 saturated carbocycles. The van der Waals surface area contributed by atoms with Crippen molar-refractivity contribution in [1.29, 1.82) is 0 Å². The van der Waals surface area contributed by atoms with Crippen LogP contribution in [0, 0.1) is 11.2 Å². The van der Waals surface area contributed by atoms with Gasteiger partial charge in [0.25, 0.3) is 0 Å². The molecule has 0 spiro atoms. The Morgan fingerprint density at radius 2 is 2.18 bits per heavy atom. The molecule has 1 atom stereocenters. The molecule has 17 heavy (non-hydrogen) atoms. The zero-order valence-corrected chi connectivity index (χ0v) is 12.3. The molecule has 2 rings (SSSR count). The van der Waals surface area contributed by atoms with Crippen molar-refractivity contribution in [3.8, 4) is 0 Å². The molecule has 1 aliphatic carbocycles. The van der Waals surface area contributed by atoms with Crippen molar-refractivity contribution < 1.29 is 4.39 Å². The van der Waals surface area contributed by atoms with Gasteiger partial charge < -0.3 is 5.32 Å². The average Bonchev–Trinajstić information content (AvgIpc) is 2.52. The van der Waals surface area contributed by atoms with Crippen molar-refractivity contribution in [3.05, 3.63) is 27.4 Å². The summed E-state index contributed by atoms with van der Waals surface area (Å²) in [5.41, 5.74) is 1.19. The van der Waals surface area contributed by atoms with Crippen molar-refractivity contribution in [3.63, 3.8) is 0 Å². The van der Waals surface area contributed by atoms with E-state index in [4.69, 9.17) is 11.6 Å². The zero-order valence-electron chi connectivity index (χ0n) is 9.99. The summed E-state index contributed by atoms with van der Waals surface area (Å²) in [6.07, 6.45) is 3.46. The van der Waals surface area contributed by atoms with Crippen LogP contribution in [-0.2, 0) is 0 Å². The topological polar surface area (TPSA) is 12.0 Å². The van der Waals surface area contributed by atoms with Gasteiger partial charge in [-0.15, -0.1) is 0 Å². The molecule has 94 valence electrons. The highest BCUT2D eigenvalue weighted by molar-refractivity contribution is 9.10. The van der Waals surface area contributed by atoms with Crippen LogP contribution < -0.4 is 5.32 Å². The maximum atomic E-state index is 13.1. The monoisotopic (exact) mass is 319 g/mol. The number of nitrogens with one attached hydrogen (secondary N) is 1. The SMILES string of the molecule is CC1(C)CCC(Nc2c(Cl)cc(F)cc2Br)C1. The summed E-state index contributed by atoms with van der Waals surface area (Å²) < 4.78 is 13.8. The van der Waals surface area contributed by atoms with Crippen LogP contribution in [0.25, 0.3) is 0 Å². The first-order valence-electron chi connectivity index (χ1n) is 5.78. The van der Waals surface area contributed by atoms with Crippen LogP contribution in [-0.4, -0.2) is 6.04 Å². The maximum absolute atomic E-state index is 13.1. The van der Waals surface area contributed by atoms with E-state index in [0.717, 1.165) is 18.5 Å². The number of halogens is 3. The Balaban J connectivity index is 2.15. The van der Waals surface area contributed by atoms with Gasteiger partial charge in [0.2, 0.25) is 0 Å². The van der Waals surface area contributed by atoms with E-state index in [2.05, 4.69) is 35.1 Å². The standard InChI is InChI=1S/C13H16BrClFN/c1-13(2)4-3-9(7-13)17-12-10(14)5-8(16)6-11(12)15/h5-6,9,17H,3-4,7H2,1-2H3. The Morgan fingerprint density at radius 3 is 2.71 bits per heavy atom. The lowest BCUT2D eigenvalue weighted by atomic mass is 9.92. The van der Waals surface area contributed by atoms with E-state index in [1.54, 1.807) is 0 Å². The molecule has 1 N–H and O–H groups in total. The van der Waals surface area contributed by atoms with Crippen LogP contribution in [0.2, 0.25) is 5.02 Å². The number of benzene rings is 1. The molecule has 0 heterocycles. The molecule has 0 aromatic heterocycles. The molecular formula is C13H16BrClFN. The van der Waals surface area contributed by atoms with Crippen molar-refractivity contribution >= 4 is 33.2 Å². The fourth-order valence-corrected chi connectivity index (χ4v) is 3.36. The Bertz CT molecular complexity index is 410. The molecule has 0 saturated heterocycles. The number of hydrogen-bond acceptors (Lipinski definition) is 1. The highest BCUT2D eigenvalue weighted by Gasteiger charge is 2.31. The summed E-state index contributed by atoms with van der Waals surface area (Å²) >= 11 is 9.40. The van der Waals surface area contributed by atoms with E-state index >= 15 is 0 Å². The third-order valence-electron chi connectivity index (χ3n) is 3.32. The van der Waals surface area contributed by atoms with Gasteiger partial charge in [-0.2, -0.15) is 0 Å². The molecule has 0 bridgehead atoms. The molecular weight excluding hydrogens is 305 g/mol. The zero-order chi connectivity index (χ0) is 12.6. The minimum absolute atomic E-state index is 0.320. The summed E-state index contributed by atoms with van der Waals surface area (Å²) in [7, 11) is 0. The summed E-state index contributed by atoms with van der Waals surface area (Å²) in [4.78, 5) is 0. The van der Waals surface area contributed by atoms with Crippen molar-refractivity contribution in [1.82, 2.24) is 0 Å². The van der Waals surface area contributed by atoms with E-state index in [1.807, 2.05) is 0 Å². The lowest BCUT2D eigenvalue weighted by Crippen LogP contribution is -2.18. The third-order valence-corrected chi connectivity index (χ3v) is 4.25. The van der Waals surface area contributed by atoms with Gasteiger partial charge in [-0.1, -0.05) is 25.4 Å². The molecule has 1 aromatic carbocycles. The van der Waals surface area contributed by atoms with Gasteiger partial charge >= 0.3 is 0 Å². The summed E-state index contributed by atoms with van der Waals surface area (Å²) in [6.45, 7) is 4.55. The van der Waals surface area contributed by atoms with Crippen LogP contribution in [0.3, 0.4) is 0 Å². The minimum atomic E-state index is -0.320. The second-order valence-corrected chi connectivity index (χ2v) is 6.75. The van der Waals surface area contributed by atoms with Crippen LogP contribution in [0.15, 0.2) is 16.6 Å². The molecule has 0 aliphatic heterocycles. The fourth-order valence-electron chi connectivity index (χ4n) is 2.44. The minimum Gasteiger partial charge on any atom is -0.380 e. The predicted molar refractivity (Wildman–Crippen MR) is 74.2 cm³/mol. The van der Waals surface area contributed by atoms with Gasteiger partial charge in [-0.25, -0.2) is 4.39 Å². The van der Waals surface area contributed by atoms with Gasteiger partial charge in [0, 0.05) is 10.5 Å². The summed E-state index contributed by atoms with van der Waals surface area (Å²) in [5.74, 6) is -0.320. The van der Waals surface area contributed by atoms with Gasteiger partial charge in [0.15, 0.2) is 0 Å². The molecule has 1 nitrogen and oxygen atoms in total. The van der Waals surface area contributed by atoms with E-state index in [-0.39, 0.29) is 5.82 Å². The van der Waals surface area contributed by atoms with Gasteiger partial charge in [-0.05, 0) is 52.7 Å². The Morgan fingerprint density at radius 1 is 1.47 bits per heavy atom. The molecule has 1 fully saturated rings. The van der Waals surface area contributed by atoms with E-state index in [9.17, 15) is 4.39 Å². The van der Waals surface area contributed by atoms with Gasteiger partial charge in [0.1, 0.15) is 5.82 Å². The van der Waals surface area contributed by atoms with Crippen LogP contribution in [0.4, 0.5) is 10.1 Å². The number of rotatable bonds is 2. The molecule has 4 heteroatoms. The maximum Gasteiger partial charge on any atom is 0.125 e. The van der Waals surface area contributed by atoms with Gasteiger partial charge in [0.05, 0.1) is 10.7 Å². The van der Waals surface area contributed by atoms with Crippen LogP contribution in [0.1, 0.15) is 33.1 Å². The van der Waals surface area contributed by atoms with E-state index in [0.29, 0.717) is 21.0 Å². The smallest absolute Gasteiger partial charge is 0.125 e. The quantitative estimate of drug-likeness (QED) is 0.786. The second-order valence-electron chi connectivity index (χ2n) is 5.49. The Kier molecular flexibility index (Phi) is 3.69. The summed E-state index contributed by atoms with van der Waals surface area (Å²) in [5, 5.41) is 3.85. The number of hydrogen-bond donors (Lipinski definition) is 1. The highest BCUT2D eigenvalue weighted by Crippen LogP contribution is 2.40. The molecule has 0 amide bonds. The normalized spacial score (nSPS) is 22.8. The molecule has 1 aliphatic rings. The first kappa shape index (κ1) is 13.2. The lowest BCUT2D eigenvalue weighted by molar-refractivity contribution is 0.378. The largest absolute Gasteiger partial charge is 0.380 e. The van der Waals surface area contributed by atoms with Crippen molar-refractivity contribution in [2.45, 2.75) is 39.2 Å². The first-order chi connectivity index (χ1) is 7.87. The predicted octanol–water partition coefficient (Wildman–Crippen LogP) is 5.23. The van der Waals surface area contributed by atoms with Crippen molar-refractivity contribution in [2.75, 3.05) is 5.32 Å². The average molecular weight is 321 g/mol. The molecule has 1 unspecified atom stereocenters. The fraction of sp³-hybridized carbons (Fsp3) is 0.538. The van der Waals surface area contributed by atoms with Crippen LogP contribution >= 0.6 is 27.5 Å². The first-order valence-corrected chi connectivity index (χ1v) is 6.95. The third kappa shape index (κ3) is 3.14.